The number of carbonyl (C=O) groups excluding carboxylic acids is 3. The van der Waals surface area contributed by atoms with Gasteiger partial charge in [0.2, 0.25) is 5.91 Å². The lowest BCUT2D eigenvalue weighted by Crippen LogP contribution is -2.54. The summed E-state index contributed by atoms with van der Waals surface area (Å²) in [6.45, 7) is 0.422. The highest BCUT2D eigenvalue weighted by atomic mass is 16.4. The lowest BCUT2D eigenvalue weighted by atomic mass is 9.82. The van der Waals surface area contributed by atoms with E-state index in [1.54, 1.807) is 0 Å². The van der Waals surface area contributed by atoms with E-state index in [4.69, 9.17) is 5.11 Å². The molecule has 0 bridgehead atoms. The Morgan fingerprint density at radius 2 is 1.72 bits per heavy atom. The maximum absolute atomic E-state index is 12.7. The minimum Gasteiger partial charge on any atom is -0.481 e. The van der Waals surface area contributed by atoms with Crippen LogP contribution in [-0.2, 0) is 19.2 Å². The average Bonchev–Trinajstić information content (AvgIpc) is 2.91. The predicted molar refractivity (Wildman–Crippen MR) is 90.5 cm³/mol. The van der Waals surface area contributed by atoms with Crippen LogP contribution in [0.5, 0.6) is 0 Å². The Bertz CT molecular complexity index is 534. The first-order valence-corrected chi connectivity index (χ1v) is 9.05. The van der Waals surface area contributed by atoms with Gasteiger partial charge in [0.1, 0.15) is 6.04 Å². The van der Waals surface area contributed by atoms with Crippen LogP contribution in [0.3, 0.4) is 0 Å². The smallest absolute Gasteiger partial charge is 0.303 e. The minimum absolute atomic E-state index is 0.00793. The zero-order chi connectivity index (χ0) is 18.2. The fourth-order valence-corrected chi connectivity index (χ4v) is 3.57. The lowest BCUT2D eigenvalue weighted by molar-refractivity contribution is -0.148. The average molecular weight is 350 g/mol. The molecule has 0 aromatic carbocycles. The number of aliphatic carboxylic acids is 1. The van der Waals surface area contributed by atoms with Crippen LogP contribution in [0.1, 0.15) is 57.8 Å². The third-order valence-electron chi connectivity index (χ3n) is 4.85. The highest BCUT2D eigenvalue weighted by molar-refractivity contribution is 6.15. The van der Waals surface area contributed by atoms with Crippen molar-refractivity contribution in [2.75, 3.05) is 6.54 Å². The van der Waals surface area contributed by atoms with E-state index >= 15 is 0 Å². The van der Waals surface area contributed by atoms with E-state index in [0.717, 1.165) is 37.0 Å². The summed E-state index contributed by atoms with van der Waals surface area (Å²) in [6.07, 6.45) is 9.34. The van der Waals surface area contributed by atoms with Crippen molar-refractivity contribution in [1.82, 2.24) is 10.2 Å². The number of carbonyl (C=O) groups is 4. The number of hydrogen-bond donors (Lipinski definition) is 2. The first-order chi connectivity index (χ1) is 12.0. The number of unbranched alkanes of at least 4 members (excludes halogenated alkanes) is 2. The molecule has 1 aliphatic heterocycles. The van der Waals surface area contributed by atoms with Crippen molar-refractivity contribution >= 4 is 23.7 Å². The third kappa shape index (κ3) is 5.41. The number of carboxylic acids is 1. The fraction of sp³-hybridized carbons (Fsp3) is 0.667. The molecular formula is C18H26N2O5. The molecular weight excluding hydrogens is 324 g/mol. The van der Waals surface area contributed by atoms with E-state index in [9.17, 15) is 19.2 Å². The van der Waals surface area contributed by atoms with Crippen LogP contribution in [0.2, 0.25) is 0 Å². The molecule has 0 aromatic heterocycles. The van der Waals surface area contributed by atoms with Crippen molar-refractivity contribution < 1.29 is 24.3 Å². The summed E-state index contributed by atoms with van der Waals surface area (Å²) in [7, 11) is 0. The van der Waals surface area contributed by atoms with E-state index in [1.807, 2.05) is 0 Å². The molecule has 7 heteroatoms. The van der Waals surface area contributed by atoms with E-state index < -0.39 is 23.8 Å². The lowest BCUT2D eigenvalue weighted by Gasteiger charge is -2.34. The van der Waals surface area contributed by atoms with Crippen molar-refractivity contribution in [3.8, 4) is 0 Å². The Morgan fingerprint density at radius 1 is 1.08 bits per heavy atom. The molecule has 2 N–H and O–H groups in total. The van der Waals surface area contributed by atoms with Gasteiger partial charge in [0.25, 0.3) is 11.8 Å². The fourth-order valence-electron chi connectivity index (χ4n) is 3.57. The Kier molecular flexibility index (Phi) is 7.16. The predicted octanol–water partition coefficient (Wildman–Crippen LogP) is 1.62. The minimum atomic E-state index is -0.819. The van der Waals surface area contributed by atoms with E-state index in [1.165, 1.54) is 12.2 Å². The molecule has 25 heavy (non-hydrogen) atoms. The summed E-state index contributed by atoms with van der Waals surface area (Å²) in [6, 6.07) is -0.741. The van der Waals surface area contributed by atoms with Crippen LogP contribution in [-0.4, -0.2) is 46.3 Å². The number of nitrogens with zero attached hydrogens (tertiary/aromatic N) is 1. The standard InChI is InChI=1S/C18H26N2O5/c21-14-10-11-15(22)20(14)17(13-7-3-1-4-8-13)18(25)19-12-6-2-5-9-16(23)24/h10-11,13,17H,1-9,12H2,(H,19,25)(H,23,24). The van der Waals surface area contributed by atoms with Gasteiger partial charge in [0.15, 0.2) is 0 Å². The van der Waals surface area contributed by atoms with Gasteiger partial charge in [-0.05, 0) is 31.6 Å². The number of hydrogen-bond acceptors (Lipinski definition) is 4. The SMILES string of the molecule is O=C(O)CCCCCNC(=O)C(C1CCCCC1)N1C(=O)C=CC1=O. The third-order valence-corrected chi connectivity index (χ3v) is 4.85. The normalized spacial score (nSPS) is 19.3. The first kappa shape index (κ1) is 19.1. The number of nitrogens with one attached hydrogen (secondary N) is 1. The second-order valence-corrected chi connectivity index (χ2v) is 6.72. The van der Waals surface area contributed by atoms with Crippen molar-refractivity contribution in [2.24, 2.45) is 5.92 Å². The molecule has 7 nitrogen and oxygen atoms in total. The molecule has 0 spiro atoms. The van der Waals surface area contributed by atoms with Crippen molar-refractivity contribution in [2.45, 2.75) is 63.8 Å². The van der Waals surface area contributed by atoms with Crippen LogP contribution in [0.25, 0.3) is 0 Å². The van der Waals surface area contributed by atoms with Gasteiger partial charge in [-0.2, -0.15) is 0 Å². The highest BCUT2D eigenvalue weighted by Gasteiger charge is 2.40. The maximum atomic E-state index is 12.7. The molecule has 2 aliphatic rings. The quantitative estimate of drug-likeness (QED) is 0.486. The highest BCUT2D eigenvalue weighted by Crippen LogP contribution is 2.30. The van der Waals surface area contributed by atoms with Gasteiger partial charge < -0.3 is 10.4 Å². The van der Waals surface area contributed by atoms with Crippen molar-refractivity contribution in [3.05, 3.63) is 12.2 Å². The summed E-state index contributed by atoms with van der Waals surface area (Å²) in [4.78, 5) is 48.3. The van der Waals surface area contributed by atoms with E-state index in [0.29, 0.717) is 25.8 Å². The number of amides is 3. The van der Waals surface area contributed by atoms with Gasteiger partial charge in [0.05, 0.1) is 0 Å². The Hall–Kier alpha value is -2.18. The largest absolute Gasteiger partial charge is 0.481 e. The Morgan fingerprint density at radius 3 is 2.32 bits per heavy atom. The monoisotopic (exact) mass is 350 g/mol. The van der Waals surface area contributed by atoms with E-state index in [2.05, 4.69) is 5.32 Å². The maximum Gasteiger partial charge on any atom is 0.303 e. The van der Waals surface area contributed by atoms with Gasteiger partial charge in [-0.15, -0.1) is 0 Å². The summed E-state index contributed by atoms with van der Waals surface area (Å²) in [5.74, 6) is -1.93. The molecule has 1 aliphatic carbocycles. The first-order valence-electron chi connectivity index (χ1n) is 9.05. The molecule has 0 radical (unpaired) electrons. The molecule has 1 fully saturated rings. The molecule has 2 rings (SSSR count). The number of rotatable bonds is 9. The molecule has 3 amide bonds. The number of imide groups is 1. The van der Waals surface area contributed by atoms with Gasteiger partial charge in [-0.25, -0.2) is 0 Å². The summed E-state index contributed by atoms with van der Waals surface area (Å²) >= 11 is 0. The second-order valence-electron chi connectivity index (χ2n) is 6.72. The van der Waals surface area contributed by atoms with Gasteiger partial charge >= 0.3 is 5.97 Å². The van der Waals surface area contributed by atoms with Gasteiger partial charge in [-0.1, -0.05) is 25.7 Å². The summed E-state index contributed by atoms with van der Waals surface area (Å²) in [5, 5.41) is 11.4. The summed E-state index contributed by atoms with van der Waals surface area (Å²) in [5.41, 5.74) is 0. The zero-order valence-corrected chi connectivity index (χ0v) is 14.4. The van der Waals surface area contributed by atoms with Gasteiger partial charge in [0, 0.05) is 25.1 Å². The molecule has 1 heterocycles. The molecule has 1 saturated carbocycles. The van der Waals surface area contributed by atoms with Crippen LogP contribution >= 0.6 is 0 Å². The van der Waals surface area contributed by atoms with E-state index in [-0.39, 0.29) is 18.2 Å². The molecule has 1 unspecified atom stereocenters. The van der Waals surface area contributed by atoms with Crippen LogP contribution < -0.4 is 5.32 Å². The van der Waals surface area contributed by atoms with Crippen molar-refractivity contribution in [1.29, 1.82) is 0 Å². The summed E-state index contributed by atoms with van der Waals surface area (Å²) < 4.78 is 0. The van der Waals surface area contributed by atoms with Crippen molar-refractivity contribution in [3.63, 3.8) is 0 Å². The Balaban J connectivity index is 1.90. The molecule has 0 saturated heterocycles. The number of carboxylic acid groups (broad SMARTS) is 1. The van der Waals surface area contributed by atoms with Crippen LogP contribution in [0, 0.1) is 5.92 Å². The Labute approximate surface area is 147 Å². The van der Waals surface area contributed by atoms with Crippen LogP contribution in [0.4, 0.5) is 0 Å². The second kappa shape index (κ2) is 9.34. The molecule has 0 aromatic rings. The topological polar surface area (TPSA) is 104 Å². The molecule has 138 valence electrons. The zero-order valence-electron chi connectivity index (χ0n) is 14.4. The van der Waals surface area contributed by atoms with Crippen LogP contribution in [0.15, 0.2) is 12.2 Å². The van der Waals surface area contributed by atoms with Gasteiger partial charge in [-0.3, -0.25) is 24.1 Å². The molecule has 1 atom stereocenters.